The van der Waals surface area contributed by atoms with Gasteiger partial charge in [0.2, 0.25) is 0 Å². The number of aliphatic hydroxyl groups is 1. The molecule has 64 valence electrons. The molecule has 2 N–H and O–H groups in total. The van der Waals surface area contributed by atoms with Crippen molar-refractivity contribution in [1.82, 2.24) is 5.32 Å². The lowest BCUT2D eigenvalue weighted by Crippen LogP contribution is -2.40. The molecule has 0 unspecified atom stereocenters. The summed E-state index contributed by atoms with van der Waals surface area (Å²) in [7, 11) is 2.02. The van der Waals surface area contributed by atoms with Crippen LogP contribution in [-0.4, -0.2) is 24.8 Å². The molecular weight excluding hydrogens is 138 g/mol. The van der Waals surface area contributed by atoms with Gasteiger partial charge in [-0.1, -0.05) is 0 Å². The van der Waals surface area contributed by atoms with Crippen molar-refractivity contribution in [2.45, 2.75) is 25.3 Å². The summed E-state index contributed by atoms with van der Waals surface area (Å²) in [6.07, 6.45) is 4.09. The van der Waals surface area contributed by atoms with Crippen LogP contribution in [0.2, 0.25) is 0 Å². The van der Waals surface area contributed by atoms with E-state index in [-0.39, 0.29) is 0 Å². The Morgan fingerprint density at radius 3 is 2.64 bits per heavy atom. The van der Waals surface area contributed by atoms with Gasteiger partial charge in [-0.15, -0.1) is 0 Å². The maximum absolute atomic E-state index is 9.15. The zero-order valence-electron chi connectivity index (χ0n) is 7.09. The molecule has 0 aromatic heterocycles. The fourth-order valence-corrected chi connectivity index (χ4v) is 3.12. The second-order valence-corrected chi connectivity index (χ2v) is 3.99. The maximum atomic E-state index is 9.15. The Kier molecular flexibility index (Phi) is 1.90. The lowest BCUT2D eigenvalue weighted by Gasteiger charge is -2.29. The molecular formula is C9H17NO. The molecule has 2 bridgehead atoms. The molecule has 0 aliphatic heterocycles. The van der Waals surface area contributed by atoms with Crippen LogP contribution in [0.5, 0.6) is 0 Å². The van der Waals surface area contributed by atoms with Crippen molar-refractivity contribution in [3.8, 4) is 0 Å². The number of hydrogen-bond donors (Lipinski definition) is 2. The predicted molar refractivity (Wildman–Crippen MR) is 44.3 cm³/mol. The van der Waals surface area contributed by atoms with Crippen molar-refractivity contribution >= 4 is 0 Å². The van der Waals surface area contributed by atoms with Crippen LogP contribution in [0, 0.1) is 17.8 Å². The van der Waals surface area contributed by atoms with Crippen molar-refractivity contribution < 1.29 is 5.11 Å². The number of nitrogens with one attached hydrogen (secondary N) is 1. The van der Waals surface area contributed by atoms with Gasteiger partial charge in [-0.05, 0) is 38.1 Å². The number of rotatable bonds is 2. The summed E-state index contributed by atoms with van der Waals surface area (Å²) in [5.41, 5.74) is 0. The topological polar surface area (TPSA) is 32.3 Å². The second-order valence-electron chi connectivity index (χ2n) is 3.99. The quantitative estimate of drug-likeness (QED) is 0.612. The van der Waals surface area contributed by atoms with Gasteiger partial charge in [0.05, 0.1) is 0 Å². The first-order valence-electron chi connectivity index (χ1n) is 4.65. The zero-order chi connectivity index (χ0) is 7.84. The second kappa shape index (κ2) is 2.76. The van der Waals surface area contributed by atoms with Crippen molar-refractivity contribution in [2.24, 2.45) is 17.8 Å². The molecule has 2 rings (SSSR count). The molecule has 2 heteroatoms. The molecule has 0 heterocycles. The van der Waals surface area contributed by atoms with Crippen LogP contribution in [0.1, 0.15) is 19.3 Å². The molecule has 0 aromatic rings. The monoisotopic (exact) mass is 155 g/mol. The van der Waals surface area contributed by atoms with Crippen molar-refractivity contribution in [2.75, 3.05) is 13.7 Å². The Balaban J connectivity index is 2.08. The van der Waals surface area contributed by atoms with Gasteiger partial charge in [0.15, 0.2) is 0 Å². The molecule has 0 spiro atoms. The predicted octanol–water partition coefficient (Wildman–Crippen LogP) is 0.613. The van der Waals surface area contributed by atoms with Gasteiger partial charge in [-0.25, -0.2) is 0 Å². The van der Waals surface area contributed by atoms with Gasteiger partial charge in [0, 0.05) is 18.6 Å². The van der Waals surface area contributed by atoms with Crippen molar-refractivity contribution in [1.29, 1.82) is 0 Å². The summed E-state index contributed by atoms with van der Waals surface area (Å²) in [4.78, 5) is 0. The third-order valence-corrected chi connectivity index (χ3v) is 3.63. The maximum Gasteiger partial charge on any atom is 0.0476 e. The van der Waals surface area contributed by atoms with Crippen LogP contribution in [0.3, 0.4) is 0 Å². The summed E-state index contributed by atoms with van der Waals surface area (Å²) < 4.78 is 0. The van der Waals surface area contributed by atoms with Crippen molar-refractivity contribution in [3.63, 3.8) is 0 Å². The van der Waals surface area contributed by atoms with Gasteiger partial charge in [-0.3, -0.25) is 0 Å². The molecule has 4 atom stereocenters. The molecule has 0 amide bonds. The molecule has 2 saturated carbocycles. The van der Waals surface area contributed by atoms with E-state index in [0.717, 1.165) is 11.8 Å². The molecule has 0 saturated heterocycles. The summed E-state index contributed by atoms with van der Waals surface area (Å²) >= 11 is 0. The average molecular weight is 155 g/mol. The number of hydrogen-bond acceptors (Lipinski definition) is 2. The molecule has 0 aromatic carbocycles. The highest BCUT2D eigenvalue weighted by atomic mass is 16.3. The minimum atomic E-state index is 0.382. The van der Waals surface area contributed by atoms with Crippen LogP contribution in [0.25, 0.3) is 0 Å². The third kappa shape index (κ3) is 1.00. The summed E-state index contributed by atoms with van der Waals surface area (Å²) in [6, 6.07) is 0.610. The first-order chi connectivity index (χ1) is 5.36. The molecule has 11 heavy (non-hydrogen) atoms. The van der Waals surface area contributed by atoms with E-state index in [2.05, 4.69) is 5.32 Å². The Morgan fingerprint density at radius 2 is 2.09 bits per heavy atom. The molecule has 0 radical (unpaired) electrons. The lowest BCUT2D eigenvalue weighted by molar-refractivity contribution is 0.147. The largest absolute Gasteiger partial charge is 0.396 e. The zero-order valence-corrected chi connectivity index (χ0v) is 7.09. The standard InChI is InChI=1S/C9H17NO/c1-10-9-7-3-2-6(4-7)8(9)5-11/h6-11H,2-5H2,1H3/t6-,7+,8-,9+/m0/s1. The SMILES string of the molecule is CN[C@@H]1[C@@H]2CC[C@@H](C2)[C@@H]1CO. The van der Waals surface area contributed by atoms with Crippen LogP contribution >= 0.6 is 0 Å². The summed E-state index contributed by atoms with van der Waals surface area (Å²) in [6.45, 7) is 0.382. The van der Waals surface area contributed by atoms with E-state index in [1.54, 1.807) is 0 Å². The summed E-state index contributed by atoms with van der Waals surface area (Å²) in [5.74, 6) is 2.24. The molecule has 2 aliphatic rings. The fourth-order valence-electron chi connectivity index (χ4n) is 3.12. The van der Waals surface area contributed by atoms with Gasteiger partial charge in [-0.2, -0.15) is 0 Å². The van der Waals surface area contributed by atoms with Crippen LogP contribution < -0.4 is 5.32 Å². The lowest BCUT2D eigenvalue weighted by atomic mass is 9.85. The smallest absolute Gasteiger partial charge is 0.0476 e. The average Bonchev–Trinajstić information content (AvgIpc) is 2.60. The number of aliphatic hydroxyl groups excluding tert-OH is 1. The first kappa shape index (κ1) is 7.56. The van der Waals surface area contributed by atoms with E-state index in [0.29, 0.717) is 18.6 Å². The normalized spacial score (nSPS) is 48.5. The van der Waals surface area contributed by atoms with Gasteiger partial charge in [0.25, 0.3) is 0 Å². The highest BCUT2D eigenvalue weighted by molar-refractivity contribution is 4.99. The van der Waals surface area contributed by atoms with Crippen LogP contribution in [0.15, 0.2) is 0 Å². The Morgan fingerprint density at radius 1 is 1.36 bits per heavy atom. The Hall–Kier alpha value is -0.0800. The highest BCUT2D eigenvalue weighted by Gasteiger charge is 2.46. The van der Waals surface area contributed by atoms with E-state index >= 15 is 0 Å². The molecule has 2 nitrogen and oxygen atoms in total. The molecule has 2 aliphatic carbocycles. The van der Waals surface area contributed by atoms with E-state index in [4.69, 9.17) is 5.11 Å². The van der Waals surface area contributed by atoms with Crippen molar-refractivity contribution in [3.05, 3.63) is 0 Å². The Labute approximate surface area is 68.0 Å². The highest BCUT2D eigenvalue weighted by Crippen LogP contribution is 2.47. The number of fused-ring (bicyclic) bond motifs is 2. The third-order valence-electron chi connectivity index (χ3n) is 3.63. The minimum absolute atomic E-state index is 0.382. The summed E-state index contributed by atoms with van der Waals surface area (Å²) in [5, 5.41) is 12.5. The van der Waals surface area contributed by atoms with Gasteiger partial charge < -0.3 is 10.4 Å². The van der Waals surface area contributed by atoms with Crippen LogP contribution in [-0.2, 0) is 0 Å². The van der Waals surface area contributed by atoms with E-state index in [1.807, 2.05) is 7.05 Å². The van der Waals surface area contributed by atoms with E-state index in [9.17, 15) is 0 Å². The Bertz CT molecular complexity index is 132. The van der Waals surface area contributed by atoms with E-state index in [1.165, 1.54) is 19.3 Å². The fraction of sp³-hybridized carbons (Fsp3) is 1.00. The van der Waals surface area contributed by atoms with Crippen LogP contribution in [0.4, 0.5) is 0 Å². The van der Waals surface area contributed by atoms with E-state index < -0.39 is 0 Å². The van der Waals surface area contributed by atoms with Gasteiger partial charge in [0.1, 0.15) is 0 Å². The molecule has 2 fully saturated rings. The first-order valence-corrected chi connectivity index (χ1v) is 4.65. The minimum Gasteiger partial charge on any atom is -0.396 e. The van der Waals surface area contributed by atoms with Gasteiger partial charge >= 0.3 is 0 Å².